The summed E-state index contributed by atoms with van der Waals surface area (Å²) in [5.74, 6) is 1.76. The third-order valence-electron chi connectivity index (χ3n) is 2.80. The van der Waals surface area contributed by atoms with Gasteiger partial charge >= 0.3 is 0 Å². The van der Waals surface area contributed by atoms with Crippen LogP contribution in [0.15, 0.2) is 12.4 Å². The molecule has 1 atom stereocenters. The fourth-order valence-electron chi connectivity index (χ4n) is 1.99. The van der Waals surface area contributed by atoms with Crippen molar-refractivity contribution in [3.63, 3.8) is 0 Å². The van der Waals surface area contributed by atoms with Gasteiger partial charge in [-0.1, -0.05) is 0 Å². The zero-order chi connectivity index (χ0) is 12.1. The topological polar surface area (TPSA) is 61.9 Å². The molecule has 2 rings (SSSR count). The zero-order valence-electron chi connectivity index (χ0n) is 10.5. The van der Waals surface area contributed by atoms with E-state index < -0.39 is 0 Å². The predicted octanol–water partition coefficient (Wildman–Crippen LogP) is 1.46. The molecular formula is C12H21N5. The zero-order valence-corrected chi connectivity index (χ0v) is 10.5. The van der Waals surface area contributed by atoms with Gasteiger partial charge in [-0.05, 0) is 33.2 Å². The molecule has 1 aliphatic rings. The van der Waals surface area contributed by atoms with Crippen molar-refractivity contribution < 1.29 is 0 Å². The van der Waals surface area contributed by atoms with E-state index in [4.69, 9.17) is 0 Å². The Kier molecular flexibility index (Phi) is 4.14. The second-order valence-electron chi connectivity index (χ2n) is 4.76. The summed E-state index contributed by atoms with van der Waals surface area (Å²) in [7, 11) is 0. The first-order valence-electron chi connectivity index (χ1n) is 6.30. The molecule has 17 heavy (non-hydrogen) atoms. The van der Waals surface area contributed by atoms with E-state index in [-0.39, 0.29) is 0 Å². The van der Waals surface area contributed by atoms with Crippen LogP contribution in [0.2, 0.25) is 0 Å². The van der Waals surface area contributed by atoms with Gasteiger partial charge in [0.05, 0.1) is 0 Å². The van der Waals surface area contributed by atoms with E-state index in [1.807, 2.05) is 6.07 Å². The maximum absolute atomic E-state index is 4.22. The second kappa shape index (κ2) is 5.82. The summed E-state index contributed by atoms with van der Waals surface area (Å²) >= 11 is 0. The number of nitrogens with zero attached hydrogens (tertiary/aromatic N) is 2. The van der Waals surface area contributed by atoms with Crippen molar-refractivity contribution in [1.82, 2.24) is 15.3 Å². The number of rotatable bonds is 5. The third-order valence-corrected chi connectivity index (χ3v) is 2.80. The average molecular weight is 235 g/mol. The van der Waals surface area contributed by atoms with E-state index in [2.05, 4.69) is 39.8 Å². The quantitative estimate of drug-likeness (QED) is 0.721. The van der Waals surface area contributed by atoms with Gasteiger partial charge in [-0.2, -0.15) is 0 Å². The maximum atomic E-state index is 4.22. The lowest BCUT2D eigenvalue weighted by Gasteiger charge is -2.13. The molecule has 5 heteroatoms. The first kappa shape index (κ1) is 12.1. The van der Waals surface area contributed by atoms with E-state index in [0.717, 1.165) is 24.7 Å². The molecule has 1 aromatic heterocycles. The minimum Gasteiger partial charge on any atom is -0.368 e. The van der Waals surface area contributed by atoms with Crippen LogP contribution in [-0.2, 0) is 0 Å². The van der Waals surface area contributed by atoms with Gasteiger partial charge in [0, 0.05) is 24.7 Å². The lowest BCUT2D eigenvalue weighted by molar-refractivity contribution is 0.632. The van der Waals surface area contributed by atoms with Crippen molar-refractivity contribution in [3.05, 3.63) is 12.4 Å². The molecule has 2 heterocycles. The molecule has 0 aromatic carbocycles. The average Bonchev–Trinajstić information content (AvgIpc) is 2.79. The Morgan fingerprint density at radius 2 is 2.24 bits per heavy atom. The second-order valence-corrected chi connectivity index (χ2v) is 4.76. The summed E-state index contributed by atoms with van der Waals surface area (Å²) in [6.07, 6.45) is 4.11. The highest BCUT2D eigenvalue weighted by Crippen LogP contribution is 2.11. The Morgan fingerprint density at radius 3 is 2.94 bits per heavy atom. The molecule has 94 valence electrons. The van der Waals surface area contributed by atoms with Crippen molar-refractivity contribution >= 4 is 11.6 Å². The van der Waals surface area contributed by atoms with Crippen molar-refractivity contribution in [2.75, 3.05) is 23.7 Å². The number of aromatic nitrogens is 2. The van der Waals surface area contributed by atoms with Gasteiger partial charge in [-0.25, -0.2) is 9.97 Å². The molecular weight excluding hydrogens is 214 g/mol. The van der Waals surface area contributed by atoms with Gasteiger partial charge in [-0.3, -0.25) is 0 Å². The molecule has 0 saturated carbocycles. The minimum absolute atomic E-state index is 0.384. The van der Waals surface area contributed by atoms with Crippen LogP contribution < -0.4 is 16.0 Å². The lowest BCUT2D eigenvalue weighted by atomic mass is 10.2. The van der Waals surface area contributed by atoms with E-state index in [1.165, 1.54) is 12.8 Å². The van der Waals surface area contributed by atoms with Crippen molar-refractivity contribution in [3.8, 4) is 0 Å². The third kappa shape index (κ3) is 3.85. The molecule has 0 aliphatic carbocycles. The first-order valence-corrected chi connectivity index (χ1v) is 6.30. The SMILES string of the molecule is CC(C)Nc1cc(NCC2CCCN2)ncn1. The van der Waals surface area contributed by atoms with Crippen molar-refractivity contribution in [2.45, 2.75) is 38.8 Å². The molecule has 1 aliphatic heterocycles. The summed E-state index contributed by atoms with van der Waals surface area (Å²) in [5, 5.41) is 10.1. The molecule has 1 aromatic rings. The van der Waals surface area contributed by atoms with Gasteiger partial charge in [0.2, 0.25) is 0 Å². The Morgan fingerprint density at radius 1 is 1.41 bits per heavy atom. The largest absolute Gasteiger partial charge is 0.368 e. The Labute approximate surface area is 102 Å². The van der Waals surface area contributed by atoms with Crippen LogP contribution in [0.3, 0.4) is 0 Å². The fourth-order valence-corrected chi connectivity index (χ4v) is 1.99. The molecule has 0 spiro atoms. The molecule has 3 N–H and O–H groups in total. The van der Waals surface area contributed by atoms with Gasteiger partial charge in [0.15, 0.2) is 0 Å². The van der Waals surface area contributed by atoms with Gasteiger partial charge in [-0.15, -0.1) is 0 Å². The highest BCUT2D eigenvalue weighted by molar-refractivity contribution is 5.46. The molecule has 5 nitrogen and oxygen atoms in total. The number of hydrogen-bond acceptors (Lipinski definition) is 5. The molecule has 1 fully saturated rings. The van der Waals surface area contributed by atoms with E-state index in [1.54, 1.807) is 6.33 Å². The molecule has 1 saturated heterocycles. The normalized spacial score (nSPS) is 19.6. The number of nitrogens with one attached hydrogen (secondary N) is 3. The van der Waals surface area contributed by atoms with Crippen LogP contribution in [0.4, 0.5) is 11.6 Å². The Hall–Kier alpha value is -1.36. The summed E-state index contributed by atoms with van der Waals surface area (Å²) in [6.45, 7) is 6.25. The van der Waals surface area contributed by atoms with Crippen LogP contribution in [-0.4, -0.2) is 35.1 Å². The summed E-state index contributed by atoms with van der Waals surface area (Å²) < 4.78 is 0. The van der Waals surface area contributed by atoms with Crippen molar-refractivity contribution in [1.29, 1.82) is 0 Å². The molecule has 0 radical (unpaired) electrons. The van der Waals surface area contributed by atoms with Crippen LogP contribution in [0, 0.1) is 0 Å². The Balaban J connectivity index is 1.86. The van der Waals surface area contributed by atoms with Gasteiger partial charge < -0.3 is 16.0 Å². The first-order chi connectivity index (χ1) is 8.24. The summed E-state index contributed by atoms with van der Waals surface area (Å²) in [4.78, 5) is 8.40. The van der Waals surface area contributed by atoms with E-state index in [0.29, 0.717) is 12.1 Å². The summed E-state index contributed by atoms with van der Waals surface area (Å²) in [5.41, 5.74) is 0. The van der Waals surface area contributed by atoms with E-state index >= 15 is 0 Å². The standard InChI is InChI=1S/C12H21N5/c1-9(2)17-12-6-11(15-8-16-12)14-7-10-4-3-5-13-10/h6,8-10,13H,3-5,7H2,1-2H3,(H2,14,15,16,17). The molecule has 0 bridgehead atoms. The van der Waals surface area contributed by atoms with Crippen LogP contribution in [0.1, 0.15) is 26.7 Å². The fraction of sp³-hybridized carbons (Fsp3) is 0.667. The monoisotopic (exact) mass is 235 g/mol. The van der Waals surface area contributed by atoms with Crippen LogP contribution in [0.5, 0.6) is 0 Å². The number of anilines is 2. The lowest BCUT2D eigenvalue weighted by Crippen LogP contribution is -2.29. The van der Waals surface area contributed by atoms with Gasteiger partial charge in [0.25, 0.3) is 0 Å². The van der Waals surface area contributed by atoms with Gasteiger partial charge in [0.1, 0.15) is 18.0 Å². The van der Waals surface area contributed by atoms with Crippen molar-refractivity contribution in [2.24, 2.45) is 0 Å². The summed E-state index contributed by atoms with van der Waals surface area (Å²) in [6, 6.07) is 2.91. The molecule has 0 amide bonds. The highest BCUT2D eigenvalue weighted by Gasteiger charge is 2.13. The Bertz CT molecular complexity index is 347. The van der Waals surface area contributed by atoms with Crippen LogP contribution >= 0.6 is 0 Å². The smallest absolute Gasteiger partial charge is 0.131 e. The highest BCUT2D eigenvalue weighted by atomic mass is 15.1. The van der Waals surface area contributed by atoms with Crippen LogP contribution in [0.25, 0.3) is 0 Å². The predicted molar refractivity (Wildman–Crippen MR) is 70.3 cm³/mol. The van der Waals surface area contributed by atoms with E-state index in [9.17, 15) is 0 Å². The molecule has 1 unspecified atom stereocenters. The number of hydrogen-bond donors (Lipinski definition) is 3. The maximum Gasteiger partial charge on any atom is 0.131 e. The minimum atomic E-state index is 0.384.